The number of rotatable bonds is 5. The fourth-order valence-corrected chi connectivity index (χ4v) is 5.11. The molecule has 1 aliphatic carbocycles. The third kappa shape index (κ3) is 4.33. The number of benzene rings is 2. The first kappa shape index (κ1) is 23.9. The van der Waals surface area contributed by atoms with Gasteiger partial charge in [0.15, 0.2) is 5.76 Å². The zero-order valence-corrected chi connectivity index (χ0v) is 20.9. The highest BCUT2D eigenvalue weighted by Crippen LogP contribution is 2.48. The highest BCUT2D eigenvalue weighted by molar-refractivity contribution is 6.27. The molecule has 1 unspecified atom stereocenters. The fraction of sp³-hybridized carbons (Fsp3) is 0.267. The van der Waals surface area contributed by atoms with Gasteiger partial charge in [0, 0.05) is 0 Å². The Morgan fingerprint density at radius 3 is 2.66 bits per heavy atom. The molecular weight excluding hydrogens is 485 g/mol. The summed E-state index contributed by atoms with van der Waals surface area (Å²) in [5, 5.41) is 4.37. The number of hydrogen-bond acceptors (Lipinski definition) is 6. The maximum absolute atomic E-state index is 15.5. The summed E-state index contributed by atoms with van der Waals surface area (Å²) >= 11 is 0. The molecule has 6 rings (SSSR count). The second-order valence-electron chi connectivity index (χ2n) is 9.81. The zero-order chi connectivity index (χ0) is 26.3. The van der Waals surface area contributed by atoms with Gasteiger partial charge in [0.05, 0.1) is 54.3 Å². The lowest BCUT2D eigenvalue weighted by Crippen LogP contribution is -2.21. The van der Waals surface area contributed by atoms with Gasteiger partial charge in [-0.15, -0.1) is 0 Å². The van der Waals surface area contributed by atoms with Gasteiger partial charge in [-0.25, -0.2) is 9.07 Å². The Hall–Kier alpha value is -4.42. The van der Waals surface area contributed by atoms with Gasteiger partial charge in [-0.3, -0.25) is 9.59 Å². The Kier molecular flexibility index (Phi) is 5.97. The average molecular weight is 512 g/mol. The number of Topliss-reactive ketones (excluding diaryl/α,β-unsaturated/α-hetero) is 1. The van der Waals surface area contributed by atoms with Crippen molar-refractivity contribution in [2.75, 3.05) is 12.0 Å². The fourth-order valence-electron chi connectivity index (χ4n) is 5.11. The Morgan fingerprint density at radius 1 is 1.11 bits per heavy atom. The Balaban J connectivity index is 1.34. The van der Waals surface area contributed by atoms with Gasteiger partial charge in [-0.05, 0) is 68.0 Å². The lowest BCUT2D eigenvalue weighted by atomic mass is 9.93. The van der Waals surface area contributed by atoms with Crippen LogP contribution in [-0.2, 0) is 19.1 Å². The van der Waals surface area contributed by atoms with E-state index in [9.17, 15) is 9.59 Å². The summed E-state index contributed by atoms with van der Waals surface area (Å²) in [6.07, 6.45) is 8.71. The van der Waals surface area contributed by atoms with E-state index in [0.29, 0.717) is 17.7 Å². The van der Waals surface area contributed by atoms with Gasteiger partial charge in [-0.1, -0.05) is 30.0 Å². The molecule has 8 heteroatoms. The van der Waals surface area contributed by atoms with Crippen LogP contribution in [0.15, 0.2) is 84.7 Å². The molecule has 3 aromatic rings. The maximum atomic E-state index is 15.5. The molecule has 3 aliphatic rings. The monoisotopic (exact) mass is 511 g/mol. The third-order valence-corrected chi connectivity index (χ3v) is 7.36. The maximum Gasteiger partial charge on any atom is 0.313 e. The van der Waals surface area contributed by atoms with Gasteiger partial charge in [0.25, 0.3) is 0 Å². The number of ether oxygens (including phenoxy) is 2. The lowest BCUT2D eigenvalue weighted by molar-refractivity contribution is -0.151. The number of para-hydroxylation sites is 1. The molecule has 38 heavy (non-hydrogen) atoms. The van der Waals surface area contributed by atoms with Crippen LogP contribution in [0.4, 0.5) is 10.1 Å². The molecule has 0 bridgehead atoms. The molecule has 1 saturated heterocycles. The Bertz CT molecular complexity index is 1510. The Labute approximate surface area is 219 Å². The van der Waals surface area contributed by atoms with Crippen LogP contribution in [0.1, 0.15) is 49.3 Å². The zero-order valence-electron chi connectivity index (χ0n) is 20.9. The summed E-state index contributed by atoms with van der Waals surface area (Å²) in [4.78, 5) is 27.6. The van der Waals surface area contributed by atoms with Crippen molar-refractivity contribution < 1.29 is 23.5 Å². The van der Waals surface area contributed by atoms with E-state index >= 15 is 4.39 Å². The second kappa shape index (κ2) is 9.47. The van der Waals surface area contributed by atoms with Crippen molar-refractivity contribution in [2.24, 2.45) is 0 Å². The van der Waals surface area contributed by atoms with Crippen LogP contribution in [0.25, 0.3) is 11.3 Å². The van der Waals surface area contributed by atoms with Gasteiger partial charge < -0.3 is 14.4 Å². The van der Waals surface area contributed by atoms with Gasteiger partial charge in [0.2, 0.25) is 5.78 Å². The van der Waals surface area contributed by atoms with Crippen molar-refractivity contribution in [1.82, 2.24) is 9.78 Å². The first-order chi connectivity index (χ1) is 18.5. The number of anilines is 1. The smallest absolute Gasteiger partial charge is 0.313 e. The van der Waals surface area contributed by atoms with Crippen LogP contribution in [0.3, 0.4) is 0 Å². The molecule has 1 aromatic heterocycles. The van der Waals surface area contributed by atoms with E-state index in [1.807, 2.05) is 30.3 Å². The van der Waals surface area contributed by atoms with Crippen LogP contribution < -0.4 is 4.90 Å². The molecule has 2 aromatic carbocycles. The highest BCUT2D eigenvalue weighted by atomic mass is 19.1. The SMILES string of the molecule is COC1=CN(c2ccc(C3CCCC4(CC4)OC3=O)cc2F)C=C=C(c2ccnn2-c2ccccc2)C1=O. The topological polar surface area (TPSA) is 73.7 Å². The molecule has 0 amide bonds. The van der Waals surface area contributed by atoms with E-state index in [2.05, 4.69) is 10.8 Å². The molecule has 192 valence electrons. The lowest BCUT2D eigenvalue weighted by Gasteiger charge is -2.19. The van der Waals surface area contributed by atoms with Crippen molar-refractivity contribution >= 4 is 23.0 Å². The van der Waals surface area contributed by atoms with Crippen molar-refractivity contribution in [3.63, 3.8) is 0 Å². The minimum absolute atomic E-state index is 0.0209. The van der Waals surface area contributed by atoms with Crippen LogP contribution in [-0.4, -0.2) is 34.2 Å². The van der Waals surface area contributed by atoms with Crippen LogP contribution in [0.2, 0.25) is 0 Å². The molecule has 7 nitrogen and oxygen atoms in total. The molecule has 1 atom stereocenters. The van der Waals surface area contributed by atoms with E-state index in [1.165, 1.54) is 30.5 Å². The molecule has 0 N–H and O–H groups in total. The van der Waals surface area contributed by atoms with E-state index in [4.69, 9.17) is 9.47 Å². The number of halogens is 1. The number of nitrogens with zero attached hydrogens (tertiary/aromatic N) is 3. The minimum atomic E-state index is -0.532. The summed E-state index contributed by atoms with van der Waals surface area (Å²) in [5.41, 5.74) is 5.07. The largest absolute Gasteiger partial charge is 0.491 e. The summed E-state index contributed by atoms with van der Waals surface area (Å²) in [5.74, 6) is -1.69. The van der Waals surface area contributed by atoms with E-state index in [-0.39, 0.29) is 28.6 Å². The number of methoxy groups -OCH3 is 1. The normalized spacial score (nSPS) is 20.4. The first-order valence-electron chi connectivity index (χ1n) is 12.7. The molecule has 1 saturated carbocycles. The molecule has 1 spiro atoms. The molecule has 3 heterocycles. The number of esters is 1. The van der Waals surface area contributed by atoms with Crippen LogP contribution in [0.5, 0.6) is 0 Å². The Morgan fingerprint density at radius 2 is 1.92 bits per heavy atom. The summed E-state index contributed by atoms with van der Waals surface area (Å²) < 4.78 is 28.3. The number of aromatic nitrogens is 2. The van der Waals surface area contributed by atoms with E-state index in [1.54, 1.807) is 29.1 Å². The molecule has 2 fully saturated rings. The predicted molar refractivity (Wildman–Crippen MR) is 139 cm³/mol. The van der Waals surface area contributed by atoms with Gasteiger partial charge >= 0.3 is 5.97 Å². The van der Waals surface area contributed by atoms with E-state index < -0.39 is 17.5 Å². The molecular formula is C30H26FN3O4. The number of carbonyl (C=O) groups is 2. The molecule has 0 radical (unpaired) electrons. The molecule has 2 aliphatic heterocycles. The average Bonchev–Trinajstić information content (AvgIpc) is 3.60. The van der Waals surface area contributed by atoms with E-state index in [0.717, 1.165) is 31.4 Å². The standard InChI is InChI=1S/C30H26FN3O4/c1-37-27-19-33(17-12-23(28(27)35)25-11-16-32-34(25)21-6-3-2-4-7-21)26-10-9-20(18-24(26)31)22-8-5-13-30(14-15-30)38-29(22)36/h2-4,6-7,9-11,16-19,22H,5,8,13-15H2,1H3. The minimum Gasteiger partial charge on any atom is -0.491 e. The summed E-state index contributed by atoms with van der Waals surface area (Å²) in [7, 11) is 1.39. The first-order valence-corrected chi connectivity index (χ1v) is 12.7. The van der Waals surface area contributed by atoms with Crippen molar-refractivity contribution in [1.29, 1.82) is 0 Å². The summed E-state index contributed by atoms with van der Waals surface area (Å²) in [6.45, 7) is 0. The highest BCUT2D eigenvalue weighted by Gasteiger charge is 2.49. The third-order valence-electron chi connectivity index (χ3n) is 7.36. The summed E-state index contributed by atoms with van der Waals surface area (Å²) in [6, 6.07) is 15.9. The van der Waals surface area contributed by atoms with Gasteiger partial charge in [0.1, 0.15) is 11.4 Å². The van der Waals surface area contributed by atoms with Crippen LogP contribution in [0, 0.1) is 5.82 Å². The number of ketones is 1. The van der Waals surface area contributed by atoms with Crippen molar-refractivity contribution in [3.8, 4) is 5.69 Å². The number of carbonyl (C=O) groups excluding carboxylic acids is 2. The van der Waals surface area contributed by atoms with Crippen LogP contribution >= 0.6 is 0 Å². The van der Waals surface area contributed by atoms with Crippen molar-refractivity contribution in [3.05, 3.63) is 102 Å². The second-order valence-corrected chi connectivity index (χ2v) is 9.81. The number of hydrogen-bond donors (Lipinski definition) is 0. The van der Waals surface area contributed by atoms with Crippen molar-refractivity contribution in [2.45, 2.75) is 43.6 Å². The number of allylic oxidation sites excluding steroid dienone is 1. The van der Waals surface area contributed by atoms with Gasteiger partial charge in [-0.2, -0.15) is 5.10 Å². The quantitative estimate of drug-likeness (QED) is 0.336. The predicted octanol–water partition coefficient (Wildman–Crippen LogP) is 5.43.